The molecular formula is C25H20ClFN2O4. The number of hydrogen-bond donors (Lipinski definition) is 1. The second kappa shape index (κ2) is 9.34. The summed E-state index contributed by atoms with van der Waals surface area (Å²) in [7, 11) is 3.06. The lowest BCUT2D eigenvalue weighted by molar-refractivity contribution is -0.137. The molecule has 0 bridgehead atoms. The number of halogens is 2. The zero-order valence-electron chi connectivity index (χ0n) is 17.9. The van der Waals surface area contributed by atoms with Gasteiger partial charge in [0.05, 0.1) is 31.4 Å². The summed E-state index contributed by atoms with van der Waals surface area (Å²) in [6.07, 6.45) is 0. The molecule has 0 aliphatic carbocycles. The Hall–Kier alpha value is -3.84. The highest BCUT2D eigenvalue weighted by Crippen LogP contribution is 2.34. The van der Waals surface area contributed by atoms with Gasteiger partial charge in [-0.2, -0.15) is 0 Å². The number of amides is 2. The van der Waals surface area contributed by atoms with Crippen LogP contribution < -0.4 is 14.8 Å². The maximum Gasteiger partial charge on any atom is 0.278 e. The number of hydrogen-bond acceptors (Lipinski definition) is 5. The Morgan fingerprint density at radius 1 is 0.909 bits per heavy atom. The third-order valence-corrected chi connectivity index (χ3v) is 5.52. The van der Waals surface area contributed by atoms with E-state index in [-0.39, 0.29) is 17.8 Å². The topological polar surface area (TPSA) is 67.9 Å². The molecule has 0 atom stereocenters. The molecule has 33 heavy (non-hydrogen) atoms. The number of carbonyl (C=O) groups is 2. The molecule has 3 aromatic carbocycles. The van der Waals surface area contributed by atoms with Gasteiger partial charge in [0.25, 0.3) is 11.8 Å². The molecule has 2 amide bonds. The molecule has 8 heteroatoms. The van der Waals surface area contributed by atoms with Gasteiger partial charge in [-0.1, -0.05) is 35.9 Å². The maximum absolute atomic E-state index is 13.5. The van der Waals surface area contributed by atoms with Crippen LogP contribution in [-0.4, -0.2) is 30.9 Å². The third kappa shape index (κ3) is 4.54. The first kappa shape index (κ1) is 22.4. The highest BCUT2D eigenvalue weighted by molar-refractivity contribution is 6.36. The number of nitrogens with one attached hydrogen (secondary N) is 1. The minimum Gasteiger partial charge on any atom is -0.497 e. The molecule has 1 aliphatic heterocycles. The van der Waals surface area contributed by atoms with Crippen LogP contribution in [0.4, 0.5) is 10.1 Å². The van der Waals surface area contributed by atoms with E-state index in [0.29, 0.717) is 27.8 Å². The van der Waals surface area contributed by atoms with Crippen LogP contribution in [0, 0.1) is 5.82 Å². The van der Waals surface area contributed by atoms with Crippen LogP contribution in [-0.2, 0) is 16.1 Å². The van der Waals surface area contributed by atoms with Gasteiger partial charge < -0.3 is 14.8 Å². The average Bonchev–Trinajstić information content (AvgIpc) is 3.04. The highest BCUT2D eigenvalue weighted by Gasteiger charge is 2.39. The molecule has 1 heterocycles. The highest BCUT2D eigenvalue weighted by atomic mass is 35.5. The van der Waals surface area contributed by atoms with Crippen molar-refractivity contribution in [1.82, 2.24) is 4.90 Å². The number of imide groups is 1. The van der Waals surface area contributed by atoms with Gasteiger partial charge in [0, 0.05) is 5.69 Å². The van der Waals surface area contributed by atoms with E-state index >= 15 is 0 Å². The van der Waals surface area contributed by atoms with Crippen molar-refractivity contribution in [1.29, 1.82) is 0 Å². The van der Waals surface area contributed by atoms with Gasteiger partial charge in [-0.15, -0.1) is 0 Å². The van der Waals surface area contributed by atoms with Gasteiger partial charge in [0.15, 0.2) is 0 Å². The predicted molar refractivity (Wildman–Crippen MR) is 123 cm³/mol. The Morgan fingerprint density at radius 3 is 2.21 bits per heavy atom. The number of benzene rings is 3. The average molecular weight is 467 g/mol. The first-order valence-electron chi connectivity index (χ1n) is 10.0. The lowest BCUT2D eigenvalue weighted by Crippen LogP contribution is -2.32. The summed E-state index contributed by atoms with van der Waals surface area (Å²) >= 11 is 6.22. The van der Waals surface area contributed by atoms with Crippen LogP contribution in [0.3, 0.4) is 0 Å². The molecule has 168 valence electrons. The van der Waals surface area contributed by atoms with Crippen molar-refractivity contribution in [2.75, 3.05) is 19.5 Å². The number of nitrogens with zero attached hydrogens (tertiary/aromatic N) is 1. The van der Waals surface area contributed by atoms with E-state index in [9.17, 15) is 14.0 Å². The Balaban J connectivity index is 1.71. The largest absolute Gasteiger partial charge is 0.497 e. The molecule has 1 N–H and O–H groups in total. The summed E-state index contributed by atoms with van der Waals surface area (Å²) in [6, 6.07) is 17.4. The molecule has 0 radical (unpaired) electrons. The third-order valence-electron chi connectivity index (χ3n) is 5.22. The van der Waals surface area contributed by atoms with Crippen LogP contribution >= 0.6 is 11.6 Å². The second-order valence-corrected chi connectivity index (χ2v) is 7.68. The van der Waals surface area contributed by atoms with Crippen LogP contribution in [0.25, 0.3) is 5.57 Å². The van der Waals surface area contributed by atoms with Crippen LogP contribution in [0.5, 0.6) is 11.5 Å². The summed E-state index contributed by atoms with van der Waals surface area (Å²) < 4.78 is 23.8. The second-order valence-electron chi connectivity index (χ2n) is 7.28. The number of rotatable bonds is 7. The molecule has 6 nitrogen and oxygen atoms in total. The van der Waals surface area contributed by atoms with E-state index in [1.54, 1.807) is 49.6 Å². The van der Waals surface area contributed by atoms with E-state index in [1.165, 1.54) is 31.4 Å². The van der Waals surface area contributed by atoms with E-state index in [1.807, 2.05) is 0 Å². The molecule has 1 aliphatic rings. The van der Waals surface area contributed by atoms with Crippen molar-refractivity contribution in [2.45, 2.75) is 6.54 Å². The Morgan fingerprint density at radius 2 is 1.61 bits per heavy atom. The fraction of sp³-hybridized carbons (Fsp3) is 0.120. The van der Waals surface area contributed by atoms with Crippen molar-refractivity contribution in [3.05, 3.63) is 94.4 Å². The Labute approximate surface area is 195 Å². The van der Waals surface area contributed by atoms with Crippen LogP contribution in [0.1, 0.15) is 11.1 Å². The zero-order chi connectivity index (χ0) is 23.5. The lowest BCUT2D eigenvalue weighted by atomic mass is 10.0. The van der Waals surface area contributed by atoms with Gasteiger partial charge in [0.1, 0.15) is 23.0 Å². The molecule has 4 rings (SSSR count). The summed E-state index contributed by atoms with van der Waals surface area (Å²) in [5, 5.41) is 3.37. The molecule has 3 aromatic rings. The number of carbonyl (C=O) groups excluding carboxylic acids is 2. The smallest absolute Gasteiger partial charge is 0.278 e. The minimum atomic E-state index is -0.498. The summed E-state index contributed by atoms with van der Waals surface area (Å²) in [6.45, 7) is 0.0703. The van der Waals surface area contributed by atoms with E-state index < -0.39 is 17.6 Å². The molecule has 0 aromatic heterocycles. The number of anilines is 1. The van der Waals surface area contributed by atoms with Gasteiger partial charge in [-0.3, -0.25) is 14.5 Å². The summed E-state index contributed by atoms with van der Waals surface area (Å²) in [5.74, 6) is -0.277. The first-order chi connectivity index (χ1) is 15.9. The van der Waals surface area contributed by atoms with Crippen molar-refractivity contribution < 1.29 is 23.5 Å². The first-order valence-corrected chi connectivity index (χ1v) is 10.4. The molecule has 0 saturated carbocycles. The minimum absolute atomic E-state index is 0.0703. The van der Waals surface area contributed by atoms with E-state index in [2.05, 4.69) is 5.32 Å². The van der Waals surface area contributed by atoms with Crippen molar-refractivity contribution >= 4 is 34.7 Å². The Bertz CT molecular complexity index is 1240. The fourth-order valence-electron chi connectivity index (χ4n) is 3.52. The van der Waals surface area contributed by atoms with E-state index in [4.69, 9.17) is 21.1 Å². The van der Waals surface area contributed by atoms with E-state index in [0.717, 1.165) is 10.5 Å². The fourth-order valence-corrected chi connectivity index (χ4v) is 3.78. The number of methoxy groups -OCH3 is 2. The summed E-state index contributed by atoms with van der Waals surface area (Å²) in [5.41, 5.74) is 1.92. The SMILES string of the molecule is COc1ccc(CN2C(=O)C(Nc3ccc(OC)c(Cl)c3)=C(c3ccc(F)cc3)C2=O)cc1. The zero-order valence-corrected chi connectivity index (χ0v) is 18.7. The van der Waals surface area contributed by atoms with Crippen LogP contribution in [0.2, 0.25) is 5.02 Å². The quantitative estimate of drug-likeness (QED) is 0.502. The maximum atomic E-state index is 13.5. The number of ether oxygens (including phenoxy) is 2. The van der Waals surface area contributed by atoms with Crippen LogP contribution in [0.15, 0.2) is 72.4 Å². The molecular weight excluding hydrogens is 447 g/mol. The van der Waals surface area contributed by atoms with Crippen molar-refractivity contribution in [3.8, 4) is 11.5 Å². The van der Waals surface area contributed by atoms with Crippen molar-refractivity contribution in [3.63, 3.8) is 0 Å². The monoisotopic (exact) mass is 466 g/mol. The van der Waals surface area contributed by atoms with Gasteiger partial charge >= 0.3 is 0 Å². The molecule has 0 unspecified atom stereocenters. The molecule has 0 fully saturated rings. The normalized spacial score (nSPS) is 13.5. The predicted octanol–water partition coefficient (Wildman–Crippen LogP) is 4.89. The van der Waals surface area contributed by atoms with Gasteiger partial charge in [0.2, 0.25) is 0 Å². The standard InChI is InChI=1S/C25H20ClFN2O4/c1-32-19-10-3-15(4-11-19)14-29-24(30)22(16-5-7-17(27)8-6-16)23(25(29)31)28-18-9-12-21(33-2)20(26)13-18/h3-13,28H,14H2,1-2H3. The Kier molecular flexibility index (Phi) is 6.33. The molecule has 0 saturated heterocycles. The van der Waals surface area contributed by atoms with Gasteiger partial charge in [-0.05, 0) is 53.6 Å². The molecule has 0 spiro atoms. The lowest BCUT2D eigenvalue weighted by Gasteiger charge is -2.16. The van der Waals surface area contributed by atoms with Crippen molar-refractivity contribution in [2.24, 2.45) is 0 Å². The van der Waals surface area contributed by atoms with Gasteiger partial charge in [-0.25, -0.2) is 4.39 Å². The summed E-state index contributed by atoms with van der Waals surface area (Å²) in [4.78, 5) is 27.8.